The van der Waals surface area contributed by atoms with E-state index in [1.54, 1.807) is 0 Å². The van der Waals surface area contributed by atoms with Gasteiger partial charge in [0.15, 0.2) is 0 Å². The second-order valence-corrected chi connectivity index (χ2v) is 8.47. The highest BCUT2D eigenvalue weighted by Gasteiger charge is 2.29. The summed E-state index contributed by atoms with van der Waals surface area (Å²) < 4.78 is 1.90. The van der Waals surface area contributed by atoms with Crippen molar-refractivity contribution >= 4 is 5.91 Å². The lowest BCUT2D eigenvalue weighted by Crippen LogP contribution is -2.39. The van der Waals surface area contributed by atoms with Gasteiger partial charge in [0.25, 0.3) is 0 Å². The van der Waals surface area contributed by atoms with E-state index in [1.807, 2.05) is 18.5 Å². The molecule has 2 aliphatic rings. The molecule has 28 heavy (non-hydrogen) atoms. The first-order chi connectivity index (χ1) is 13.6. The Morgan fingerprint density at radius 1 is 1.21 bits per heavy atom. The van der Waals surface area contributed by atoms with E-state index in [0.717, 1.165) is 48.9 Å². The largest absolute Gasteiger partial charge is 0.352 e. The van der Waals surface area contributed by atoms with Gasteiger partial charge < -0.3 is 5.32 Å². The van der Waals surface area contributed by atoms with Crippen LogP contribution in [0, 0.1) is 25.2 Å². The molecule has 154 valence electrons. The van der Waals surface area contributed by atoms with Gasteiger partial charge in [-0.1, -0.05) is 25.7 Å². The number of aromatic nitrogens is 2. The van der Waals surface area contributed by atoms with E-state index in [0.29, 0.717) is 25.4 Å². The minimum atomic E-state index is 0.149. The molecule has 6 nitrogen and oxygen atoms in total. The molecule has 2 fully saturated rings. The Bertz CT molecular complexity index is 697. The normalized spacial score (nSPS) is 21.4. The summed E-state index contributed by atoms with van der Waals surface area (Å²) in [5.74, 6) is 0.149. The first-order valence-electron chi connectivity index (χ1n) is 11.0. The van der Waals surface area contributed by atoms with Crippen molar-refractivity contribution in [2.45, 2.75) is 96.7 Å². The van der Waals surface area contributed by atoms with E-state index < -0.39 is 0 Å². The van der Waals surface area contributed by atoms with Crippen LogP contribution in [-0.4, -0.2) is 45.8 Å². The summed E-state index contributed by atoms with van der Waals surface area (Å²) in [7, 11) is 0. The highest BCUT2D eigenvalue weighted by molar-refractivity contribution is 5.76. The van der Waals surface area contributed by atoms with Crippen molar-refractivity contribution in [3.63, 3.8) is 0 Å². The zero-order chi connectivity index (χ0) is 19.9. The number of hydrogen-bond acceptors (Lipinski definition) is 4. The Labute approximate surface area is 169 Å². The maximum atomic E-state index is 12.5. The van der Waals surface area contributed by atoms with Gasteiger partial charge in [0, 0.05) is 37.3 Å². The molecule has 0 bridgehead atoms. The van der Waals surface area contributed by atoms with E-state index in [2.05, 4.69) is 21.4 Å². The van der Waals surface area contributed by atoms with Crippen LogP contribution in [0.4, 0.5) is 0 Å². The predicted octanol–water partition coefficient (Wildman–Crippen LogP) is 3.26. The first kappa shape index (κ1) is 20.9. The fourth-order valence-electron chi connectivity index (χ4n) is 4.87. The topological polar surface area (TPSA) is 73.9 Å². The standard InChI is InChI=1S/C22H35N5O/c1-17-21(18(2)27(25-17)14-7-13-23)10-11-22(28)24-19-12-15-26(16-19)20-8-5-3-4-6-9-20/h19-20H,3-12,14-16H2,1-2H3,(H,24,28). The third-order valence-electron chi connectivity index (χ3n) is 6.49. The number of nitrogens with zero attached hydrogens (tertiary/aromatic N) is 4. The molecule has 0 aromatic carbocycles. The third kappa shape index (κ3) is 5.35. The monoisotopic (exact) mass is 385 g/mol. The molecule has 0 spiro atoms. The average Bonchev–Trinajstić information content (AvgIpc) is 3.11. The predicted molar refractivity (Wildman–Crippen MR) is 110 cm³/mol. The van der Waals surface area contributed by atoms with Crippen molar-refractivity contribution in [2.24, 2.45) is 0 Å². The maximum absolute atomic E-state index is 12.5. The summed E-state index contributed by atoms with van der Waals surface area (Å²) >= 11 is 0. The lowest BCUT2D eigenvalue weighted by molar-refractivity contribution is -0.121. The molecule has 1 atom stereocenters. The molecular formula is C22H35N5O. The molecule has 1 amide bonds. The molecular weight excluding hydrogens is 350 g/mol. The van der Waals surface area contributed by atoms with Crippen LogP contribution in [0.25, 0.3) is 0 Å². The van der Waals surface area contributed by atoms with Crippen LogP contribution in [0.15, 0.2) is 0 Å². The third-order valence-corrected chi connectivity index (χ3v) is 6.49. The number of aryl methyl sites for hydroxylation is 2. The Hall–Kier alpha value is -1.87. The van der Waals surface area contributed by atoms with Crippen molar-refractivity contribution < 1.29 is 4.79 Å². The van der Waals surface area contributed by atoms with Crippen molar-refractivity contribution in [1.82, 2.24) is 20.0 Å². The van der Waals surface area contributed by atoms with Gasteiger partial charge in [0.1, 0.15) is 0 Å². The number of likely N-dealkylation sites (tertiary alicyclic amines) is 1. The molecule has 1 aromatic rings. The second-order valence-electron chi connectivity index (χ2n) is 8.47. The van der Waals surface area contributed by atoms with Crippen LogP contribution in [0.5, 0.6) is 0 Å². The second kappa shape index (κ2) is 10.1. The maximum Gasteiger partial charge on any atom is 0.220 e. The molecule has 1 aliphatic carbocycles. The quantitative estimate of drug-likeness (QED) is 0.731. The molecule has 1 N–H and O–H groups in total. The van der Waals surface area contributed by atoms with Gasteiger partial charge in [-0.15, -0.1) is 0 Å². The molecule has 1 saturated carbocycles. The molecule has 3 rings (SSSR count). The van der Waals surface area contributed by atoms with Gasteiger partial charge in [0.2, 0.25) is 5.91 Å². The zero-order valence-corrected chi connectivity index (χ0v) is 17.5. The van der Waals surface area contributed by atoms with Crippen molar-refractivity contribution in [2.75, 3.05) is 13.1 Å². The Morgan fingerprint density at radius 3 is 2.68 bits per heavy atom. The number of carbonyl (C=O) groups excluding carboxylic acids is 1. The van der Waals surface area contributed by atoms with Crippen LogP contribution in [-0.2, 0) is 17.8 Å². The summed E-state index contributed by atoms with van der Waals surface area (Å²) in [6.45, 7) is 6.78. The SMILES string of the molecule is Cc1nn(CCC#N)c(C)c1CCC(=O)NC1CCN(C2CCCCCC2)C1. The van der Waals surface area contributed by atoms with Crippen molar-refractivity contribution in [3.8, 4) is 6.07 Å². The number of nitrogens with one attached hydrogen (secondary N) is 1. The summed E-state index contributed by atoms with van der Waals surface area (Å²) in [5.41, 5.74) is 3.21. The van der Waals surface area contributed by atoms with E-state index in [4.69, 9.17) is 5.26 Å². The fourth-order valence-corrected chi connectivity index (χ4v) is 4.87. The van der Waals surface area contributed by atoms with E-state index in [-0.39, 0.29) is 5.91 Å². The molecule has 1 aromatic heterocycles. The molecule has 2 heterocycles. The zero-order valence-electron chi connectivity index (χ0n) is 17.5. The lowest BCUT2D eigenvalue weighted by atomic mass is 10.1. The van der Waals surface area contributed by atoms with Crippen LogP contribution in [0.2, 0.25) is 0 Å². The van der Waals surface area contributed by atoms with Gasteiger partial charge in [-0.2, -0.15) is 10.4 Å². The van der Waals surface area contributed by atoms with E-state index in [1.165, 1.54) is 38.5 Å². The number of hydrogen-bond donors (Lipinski definition) is 1. The number of carbonyl (C=O) groups is 1. The minimum Gasteiger partial charge on any atom is -0.352 e. The molecule has 0 radical (unpaired) electrons. The fraction of sp³-hybridized carbons (Fsp3) is 0.773. The Morgan fingerprint density at radius 2 is 1.96 bits per heavy atom. The van der Waals surface area contributed by atoms with Gasteiger partial charge in [-0.3, -0.25) is 14.4 Å². The van der Waals surface area contributed by atoms with E-state index in [9.17, 15) is 4.79 Å². The van der Waals surface area contributed by atoms with Gasteiger partial charge in [-0.05, 0) is 45.1 Å². The number of amides is 1. The molecule has 1 unspecified atom stereocenters. The van der Waals surface area contributed by atoms with Crippen LogP contribution in [0.1, 0.15) is 74.7 Å². The van der Waals surface area contributed by atoms with Crippen LogP contribution in [0.3, 0.4) is 0 Å². The first-order valence-corrected chi connectivity index (χ1v) is 11.0. The average molecular weight is 386 g/mol. The van der Waals surface area contributed by atoms with Gasteiger partial charge in [0.05, 0.1) is 24.7 Å². The highest BCUT2D eigenvalue weighted by Crippen LogP contribution is 2.25. The summed E-state index contributed by atoms with van der Waals surface area (Å²) in [5, 5.41) is 16.6. The highest BCUT2D eigenvalue weighted by atomic mass is 16.1. The van der Waals surface area contributed by atoms with Gasteiger partial charge >= 0.3 is 0 Å². The molecule has 1 aliphatic heterocycles. The smallest absolute Gasteiger partial charge is 0.220 e. The Balaban J connectivity index is 1.45. The van der Waals surface area contributed by atoms with E-state index >= 15 is 0 Å². The summed E-state index contributed by atoms with van der Waals surface area (Å²) in [6, 6.07) is 3.20. The van der Waals surface area contributed by atoms with Crippen molar-refractivity contribution in [3.05, 3.63) is 17.0 Å². The molecule has 6 heteroatoms. The number of nitriles is 1. The van der Waals surface area contributed by atoms with Crippen LogP contribution < -0.4 is 5.32 Å². The minimum absolute atomic E-state index is 0.149. The van der Waals surface area contributed by atoms with Crippen molar-refractivity contribution in [1.29, 1.82) is 5.26 Å². The van der Waals surface area contributed by atoms with Crippen LogP contribution >= 0.6 is 0 Å². The molecule has 1 saturated heterocycles. The number of rotatable bonds is 7. The lowest BCUT2D eigenvalue weighted by Gasteiger charge is -2.26. The summed E-state index contributed by atoms with van der Waals surface area (Å²) in [4.78, 5) is 15.1. The Kier molecular flexibility index (Phi) is 7.50. The summed E-state index contributed by atoms with van der Waals surface area (Å²) in [6.07, 6.45) is 10.9. The van der Waals surface area contributed by atoms with Gasteiger partial charge in [-0.25, -0.2) is 0 Å².